The van der Waals surface area contributed by atoms with E-state index in [2.05, 4.69) is 20.3 Å². The molecule has 2 aliphatic rings. The zero-order valence-electron chi connectivity index (χ0n) is 16.5. The Kier molecular flexibility index (Phi) is 6.06. The van der Waals surface area contributed by atoms with Gasteiger partial charge in [-0.2, -0.15) is 5.10 Å². The molecule has 0 atom stereocenters. The van der Waals surface area contributed by atoms with E-state index in [0.717, 1.165) is 55.0 Å². The van der Waals surface area contributed by atoms with Gasteiger partial charge in [0.2, 0.25) is 5.91 Å². The Labute approximate surface area is 182 Å². The number of rotatable bonds is 8. The predicted molar refractivity (Wildman–Crippen MR) is 113 cm³/mol. The van der Waals surface area contributed by atoms with Crippen molar-refractivity contribution in [1.82, 2.24) is 24.2 Å². The van der Waals surface area contributed by atoms with E-state index in [4.69, 9.17) is 16.7 Å². The fourth-order valence-electron chi connectivity index (χ4n) is 4.52. The highest BCUT2D eigenvalue weighted by Crippen LogP contribution is 2.52. The summed E-state index contributed by atoms with van der Waals surface area (Å²) in [4.78, 5) is 18.4. The number of hydrogen-bond donors (Lipinski definition) is 2. The van der Waals surface area contributed by atoms with Gasteiger partial charge in [-0.25, -0.2) is 22.6 Å². The zero-order chi connectivity index (χ0) is 21.5. The van der Waals surface area contributed by atoms with Crippen molar-refractivity contribution in [2.24, 2.45) is 10.6 Å². The van der Waals surface area contributed by atoms with E-state index in [1.807, 2.05) is 17.3 Å². The smallest absolute Gasteiger partial charge is 0.255 e. The van der Waals surface area contributed by atoms with Gasteiger partial charge in [-0.1, -0.05) is 11.6 Å². The van der Waals surface area contributed by atoms with E-state index in [1.165, 1.54) is 6.33 Å². The van der Waals surface area contributed by atoms with Crippen LogP contribution in [0.15, 0.2) is 12.4 Å². The van der Waals surface area contributed by atoms with Crippen molar-refractivity contribution in [3.63, 3.8) is 0 Å². The van der Waals surface area contributed by atoms with Crippen molar-refractivity contribution in [3.8, 4) is 0 Å². The Bertz CT molecular complexity index is 929. The van der Waals surface area contributed by atoms with Gasteiger partial charge in [0.1, 0.15) is 17.0 Å². The van der Waals surface area contributed by atoms with Crippen LogP contribution in [0, 0.1) is 12.3 Å². The highest BCUT2D eigenvalue weighted by molar-refractivity contribution is 7.94. The summed E-state index contributed by atoms with van der Waals surface area (Å²) in [5.41, 5.74) is 2.20. The molecule has 0 radical (unpaired) electrons. The maximum Gasteiger partial charge on any atom is 0.255 e. The summed E-state index contributed by atoms with van der Waals surface area (Å²) < 4.78 is 28.0. The molecule has 2 aromatic heterocycles. The number of aromatic nitrogens is 3. The predicted octanol–water partition coefficient (Wildman–Crippen LogP) is 2.26. The zero-order valence-corrected chi connectivity index (χ0v) is 18.1. The van der Waals surface area contributed by atoms with Crippen LogP contribution in [0.1, 0.15) is 24.8 Å². The molecule has 30 heavy (non-hydrogen) atoms. The van der Waals surface area contributed by atoms with E-state index in [1.54, 1.807) is 4.52 Å². The molecule has 1 spiro atoms. The third-order valence-electron chi connectivity index (χ3n) is 5.93. The average molecular weight is 460 g/mol. The number of nitrogens with two attached hydrogens (primary N) is 1. The first kappa shape index (κ1) is 21.5. The molecule has 0 bridgehead atoms. The lowest BCUT2D eigenvalue weighted by Gasteiger charge is -2.61. The van der Waals surface area contributed by atoms with Gasteiger partial charge in [0.15, 0.2) is 5.82 Å². The molecule has 3 N–H and O–H groups in total. The third kappa shape index (κ3) is 4.08. The molecule has 1 aliphatic heterocycles. The van der Waals surface area contributed by atoms with Crippen molar-refractivity contribution in [2.45, 2.75) is 38.7 Å². The quantitative estimate of drug-likeness (QED) is 0.585. The number of anilines is 1. The summed E-state index contributed by atoms with van der Waals surface area (Å²) in [5.74, 6) is 0.511. The van der Waals surface area contributed by atoms with Crippen LogP contribution in [0.2, 0.25) is 5.15 Å². The average Bonchev–Trinajstić information content (AvgIpc) is 2.94. The van der Waals surface area contributed by atoms with Gasteiger partial charge in [-0.05, 0) is 31.4 Å². The number of carbonyl (C=O) groups excluding carboxylic acids is 1. The van der Waals surface area contributed by atoms with Crippen LogP contribution in [0.25, 0.3) is 5.52 Å². The first-order valence-electron chi connectivity index (χ1n) is 9.74. The Hall–Kier alpha value is -1.69. The van der Waals surface area contributed by atoms with Gasteiger partial charge >= 0.3 is 0 Å². The second-order valence-corrected chi connectivity index (χ2v) is 9.17. The van der Waals surface area contributed by atoms with Gasteiger partial charge < -0.3 is 10.2 Å². The molecule has 164 valence electrons. The Morgan fingerprint density at radius 2 is 2.23 bits per heavy atom. The summed E-state index contributed by atoms with van der Waals surface area (Å²) in [6.07, 6.45) is 1.10. The van der Waals surface area contributed by atoms with Gasteiger partial charge in [-0.15, -0.1) is 0 Å². The van der Waals surface area contributed by atoms with Crippen LogP contribution in [-0.4, -0.2) is 63.5 Å². The summed E-state index contributed by atoms with van der Waals surface area (Å²) in [7, 11) is 0. The van der Waals surface area contributed by atoms with E-state index in [-0.39, 0.29) is 23.8 Å². The van der Waals surface area contributed by atoms with Crippen LogP contribution >= 0.6 is 23.7 Å². The van der Waals surface area contributed by atoms with Gasteiger partial charge in [0.05, 0.1) is 6.54 Å². The fourth-order valence-corrected chi connectivity index (χ4v) is 5.33. The number of aryl methyl sites for hydroxylation is 1. The summed E-state index contributed by atoms with van der Waals surface area (Å²) >= 11 is 7.35. The van der Waals surface area contributed by atoms with Crippen molar-refractivity contribution < 1.29 is 13.6 Å². The Morgan fingerprint density at radius 1 is 1.50 bits per heavy atom. The maximum absolute atomic E-state index is 12.2. The lowest BCUT2D eigenvalue weighted by atomic mass is 9.60. The number of halogens is 3. The molecule has 2 fully saturated rings. The standard InChI is InChI=1S/C18H24ClF2N7OS/c1-11-4-13(19)28-16(11)17(24-10-25-28)26-8-18(9-26)5-12(6-18)27(30-22)3-2-15(29)23-7-14(20)21/h4,10,12,14H,2-3,5-9,22H2,1H3,(H,23,29). The molecular weight excluding hydrogens is 436 g/mol. The van der Waals surface area contributed by atoms with Crippen molar-refractivity contribution in [3.05, 3.63) is 23.1 Å². The van der Waals surface area contributed by atoms with Crippen LogP contribution in [-0.2, 0) is 4.79 Å². The molecule has 3 heterocycles. The molecule has 0 aromatic carbocycles. The molecule has 1 amide bonds. The molecule has 1 aliphatic carbocycles. The number of hydrogen-bond acceptors (Lipinski definition) is 7. The van der Waals surface area contributed by atoms with Crippen LogP contribution < -0.4 is 15.4 Å². The molecule has 2 aromatic rings. The first-order chi connectivity index (χ1) is 14.3. The fraction of sp³-hybridized carbons (Fsp3) is 0.611. The lowest BCUT2D eigenvalue weighted by Crippen LogP contribution is -2.66. The summed E-state index contributed by atoms with van der Waals surface area (Å²) in [6, 6.07) is 2.16. The number of nitrogens with zero attached hydrogens (tertiary/aromatic N) is 5. The molecule has 4 rings (SSSR count). The van der Waals surface area contributed by atoms with E-state index < -0.39 is 13.0 Å². The topological polar surface area (TPSA) is 91.8 Å². The minimum atomic E-state index is -2.54. The largest absolute Gasteiger partial charge is 0.354 e. The Morgan fingerprint density at radius 3 is 2.90 bits per heavy atom. The van der Waals surface area contributed by atoms with Crippen LogP contribution in [0.3, 0.4) is 0 Å². The lowest BCUT2D eigenvalue weighted by molar-refractivity contribution is -0.122. The molecule has 0 unspecified atom stereocenters. The van der Waals surface area contributed by atoms with Crippen LogP contribution in [0.5, 0.6) is 0 Å². The minimum absolute atomic E-state index is 0.152. The Balaban J connectivity index is 1.30. The normalized spacial score (nSPS) is 18.3. The van der Waals surface area contributed by atoms with Gasteiger partial charge in [-0.3, -0.25) is 9.93 Å². The van der Waals surface area contributed by atoms with Gasteiger partial charge in [0.25, 0.3) is 6.43 Å². The molecule has 1 saturated heterocycles. The third-order valence-corrected chi connectivity index (χ3v) is 6.95. The molecule has 1 saturated carbocycles. The molecule has 8 nitrogen and oxygen atoms in total. The van der Waals surface area contributed by atoms with E-state index >= 15 is 0 Å². The van der Waals surface area contributed by atoms with Crippen molar-refractivity contribution in [1.29, 1.82) is 0 Å². The minimum Gasteiger partial charge on any atom is -0.354 e. The SMILES string of the molecule is Cc1cc(Cl)n2ncnc(N3CC4(CC(N(CCC(=O)NCC(F)F)SN)C4)C3)c12. The van der Waals surface area contributed by atoms with E-state index in [0.29, 0.717) is 11.7 Å². The number of alkyl halides is 2. The van der Waals surface area contributed by atoms with Crippen molar-refractivity contribution >= 4 is 41.0 Å². The summed E-state index contributed by atoms with van der Waals surface area (Å²) in [6.45, 7) is 3.62. The molecular formula is C18H24ClF2N7OS. The monoisotopic (exact) mass is 459 g/mol. The highest BCUT2D eigenvalue weighted by atomic mass is 35.5. The van der Waals surface area contributed by atoms with Crippen molar-refractivity contribution in [2.75, 3.05) is 31.1 Å². The summed E-state index contributed by atoms with van der Waals surface area (Å²) in [5, 5.41) is 12.8. The van der Waals surface area contributed by atoms with Crippen LogP contribution in [0.4, 0.5) is 14.6 Å². The van der Waals surface area contributed by atoms with E-state index in [9.17, 15) is 13.6 Å². The molecule has 12 heteroatoms. The second kappa shape index (κ2) is 8.45. The number of nitrogens with one attached hydrogen (secondary N) is 1. The number of fused-ring (bicyclic) bond motifs is 1. The maximum atomic E-state index is 12.2. The second-order valence-electron chi connectivity index (χ2n) is 8.10. The number of amides is 1. The number of carbonyl (C=O) groups is 1. The van der Waals surface area contributed by atoms with Gasteiger partial charge in [0, 0.05) is 49.6 Å². The first-order valence-corrected chi connectivity index (χ1v) is 11.0. The highest BCUT2D eigenvalue weighted by Gasteiger charge is 2.54.